The van der Waals surface area contributed by atoms with Crippen molar-refractivity contribution in [1.82, 2.24) is 9.80 Å². The summed E-state index contributed by atoms with van der Waals surface area (Å²) in [4.78, 5) is 5.00. The number of rotatable bonds is 7. The van der Waals surface area contributed by atoms with Gasteiger partial charge in [0.15, 0.2) is 11.5 Å². The van der Waals surface area contributed by atoms with E-state index >= 15 is 0 Å². The zero-order valence-corrected chi connectivity index (χ0v) is 15.9. The number of likely N-dealkylation sites (tertiary alicyclic amines) is 1. The Bertz CT molecular complexity index is 690. The summed E-state index contributed by atoms with van der Waals surface area (Å²) in [6.45, 7) is 4.17. The van der Waals surface area contributed by atoms with Crippen molar-refractivity contribution in [3.63, 3.8) is 0 Å². The lowest BCUT2D eigenvalue weighted by Gasteiger charge is -2.37. The first-order valence-electron chi connectivity index (χ1n) is 9.48. The van der Waals surface area contributed by atoms with Crippen LogP contribution in [0.3, 0.4) is 0 Å². The third-order valence-corrected chi connectivity index (χ3v) is 5.35. The maximum atomic E-state index is 9.99. The predicted molar refractivity (Wildman–Crippen MR) is 106 cm³/mol. The molecule has 1 N–H and O–H groups in total. The number of benzene rings is 2. The van der Waals surface area contributed by atoms with Gasteiger partial charge in [-0.3, -0.25) is 4.90 Å². The van der Waals surface area contributed by atoms with E-state index in [1.54, 1.807) is 7.11 Å². The van der Waals surface area contributed by atoms with Gasteiger partial charge in [-0.1, -0.05) is 36.4 Å². The van der Waals surface area contributed by atoms with Crippen LogP contribution < -0.4 is 4.74 Å². The van der Waals surface area contributed by atoms with Crippen molar-refractivity contribution >= 4 is 0 Å². The largest absolute Gasteiger partial charge is 0.504 e. The van der Waals surface area contributed by atoms with Gasteiger partial charge in [0, 0.05) is 25.7 Å². The molecule has 0 radical (unpaired) electrons. The molecule has 0 amide bonds. The predicted octanol–water partition coefficient (Wildman–Crippen LogP) is 3.54. The van der Waals surface area contributed by atoms with Gasteiger partial charge >= 0.3 is 0 Å². The molecule has 0 unspecified atom stereocenters. The maximum absolute atomic E-state index is 9.99. The number of likely N-dealkylation sites (N-methyl/N-ethyl adjacent to an activating group) is 1. The van der Waals surface area contributed by atoms with E-state index in [-0.39, 0.29) is 5.75 Å². The number of ether oxygens (including phenoxy) is 1. The smallest absolute Gasteiger partial charge is 0.160 e. The maximum Gasteiger partial charge on any atom is 0.160 e. The minimum atomic E-state index is 0.221. The number of piperidine rings is 1. The summed E-state index contributed by atoms with van der Waals surface area (Å²) in [7, 11) is 3.82. The molecule has 0 bridgehead atoms. The molecule has 0 saturated carbocycles. The number of phenols is 1. The van der Waals surface area contributed by atoms with Gasteiger partial charge in [0.05, 0.1) is 7.11 Å². The van der Waals surface area contributed by atoms with E-state index in [0.717, 1.165) is 38.2 Å². The second-order valence-corrected chi connectivity index (χ2v) is 7.25. The fourth-order valence-corrected chi connectivity index (χ4v) is 3.76. The van der Waals surface area contributed by atoms with E-state index in [4.69, 9.17) is 4.74 Å². The van der Waals surface area contributed by atoms with Crippen LogP contribution in [0.4, 0.5) is 0 Å². The minimum absolute atomic E-state index is 0.221. The highest BCUT2D eigenvalue weighted by Crippen LogP contribution is 2.27. The lowest BCUT2D eigenvalue weighted by Crippen LogP contribution is -2.46. The zero-order chi connectivity index (χ0) is 18.4. The number of methoxy groups -OCH3 is 1. The normalized spacial score (nSPS) is 18.2. The molecule has 2 aromatic rings. The van der Waals surface area contributed by atoms with Gasteiger partial charge in [0.25, 0.3) is 0 Å². The summed E-state index contributed by atoms with van der Waals surface area (Å²) in [5, 5.41) is 9.99. The molecule has 1 saturated heterocycles. The van der Waals surface area contributed by atoms with E-state index in [9.17, 15) is 5.11 Å². The van der Waals surface area contributed by atoms with Gasteiger partial charge in [0.1, 0.15) is 0 Å². The fourth-order valence-electron chi connectivity index (χ4n) is 3.76. The number of phenolic OH excluding ortho intramolecular Hbond substituents is 1. The van der Waals surface area contributed by atoms with Gasteiger partial charge in [-0.2, -0.15) is 0 Å². The van der Waals surface area contributed by atoms with Crippen LogP contribution >= 0.6 is 0 Å². The Morgan fingerprint density at radius 2 is 1.96 bits per heavy atom. The third kappa shape index (κ3) is 4.99. The lowest BCUT2D eigenvalue weighted by molar-refractivity contribution is 0.112. The van der Waals surface area contributed by atoms with Gasteiger partial charge < -0.3 is 14.7 Å². The van der Waals surface area contributed by atoms with Crippen molar-refractivity contribution in [3.05, 3.63) is 59.7 Å². The van der Waals surface area contributed by atoms with Crippen molar-refractivity contribution in [1.29, 1.82) is 0 Å². The summed E-state index contributed by atoms with van der Waals surface area (Å²) in [5.41, 5.74) is 2.54. The molecule has 4 heteroatoms. The highest BCUT2D eigenvalue weighted by Gasteiger charge is 2.23. The highest BCUT2D eigenvalue weighted by molar-refractivity contribution is 5.41. The Balaban J connectivity index is 1.52. The molecular weight excluding hydrogens is 324 g/mol. The molecule has 0 aromatic heterocycles. The zero-order valence-electron chi connectivity index (χ0n) is 15.9. The molecule has 1 atom stereocenters. The summed E-state index contributed by atoms with van der Waals surface area (Å²) in [6.07, 6.45) is 3.58. The summed E-state index contributed by atoms with van der Waals surface area (Å²) in [6, 6.07) is 17.0. The van der Waals surface area contributed by atoms with Crippen LogP contribution in [0.2, 0.25) is 0 Å². The summed E-state index contributed by atoms with van der Waals surface area (Å²) >= 11 is 0. The second kappa shape index (κ2) is 9.06. The molecule has 1 aliphatic rings. The van der Waals surface area contributed by atoms with Crippen LogP contribution in [-0.2, 0) is 13.0 Å². The van der Waals surface area contributed by atoms with Gasteiger partial charge in [-0.25, -0.2) is 0 Å². The average molecular weight is 354 g/mol. The molecule has 1 heterocycles. The van der Waals surface area contributed by atoms with E-state index in [1.165, 1.54) is 18.4 Å². The number of aromatic hydroxyl groups is 1. The molecule has 26 heavy (non-hydrogen) atoms. The van der Waals surface area contributed by atoms with Crippen LogP contribution in [-0.4, -0.2) is 54.7 Å². The summed E-state index contributed by atoms with van der Waals surface area (Å²) < 4.78 is 5.13. The van der Waals surface area contributed by atoms with Crippen LogP contribution in [0.5, 0.6) is 11.5 Å². The van der Waals surface area contributed by atoms with E-state index in [2.05, 4.69) is 47.2 Å². The molecular formula is C22H30N2O2. The van der Waals surface area contributed by atoms with Crippen molar-refractivity contribution in [2.24, 2.45) is 0 Å². The number of nitrogens with zero attached hydrogens (tertiary/aromatic N) is 2. The summed E-state index contributed by atoms with van der Waals surface area (Å²) in [5.74, 6) is 0.754. The van der Waals surface area contributed by atoms with Crippen LogP contribution in [0, 0.1) is 0 Å². The molecule has 1 aliphatic heterocycles. The van der Waals surface area contributed by atoms with Crippen LogP contribution in [0.1, 0.15) is 24.0 Å². The number of hydrogen-bond acceptors (Lipinski definition) is 4. The SMILES string of the molecule is COc1ccc(CN2CCC[C@@H](N(C)CCc3ccccc3)C2)cc1O. The Labute approximate surface area is 157 Å². The Morgan fingerprint density at radius 1 is 1.15 bits per heavy atom. The van der Waals surface area contributed by atoms with Gasteiger partial charge in [-0.05, 0) is 56.1 Å². The first-order chi connectivity index (χ1) is 12.7. The molecule has 1 fully saturated rings. The molecule has 2 aromatic carbocycles. The molecule has 3 rings (SSSR count). The van der Waals surface area contributed by atoms with Crippen molar-refractivity contribution < 1.29 is 9.84 Å². The third-order valence-electron chi connectivity index (χ3n) is 5.35. The molecule has 0 spiro atoms. The fraction of sp³-hybridized carbons (Fsp3) is 0.455. The van der Waals surface area contributed by atoms with Crippen LogP contribution in [0.25, 0.3) is 0 Å². The van der Waals surface area contributed by atoms with Crippen molar-refractivity contribution in [2.45, 2.75) is 31.8 Å². The minimum Gasteiger partial charge on any atom is -0.504 e. The molecule has 0 aliphatic carbocycles. The van der Waals surface area contributed by atoms with Gasteiger partial charge in [-0.15, -0.1) is 0 Å². The Kier molecular flexibility index (Phi) is 6.53. The molecule has 4 nitrogen and oxygen atoms in total. The number of hydrogen-bond donors (Lipinski definition) is 1. The first kappa shape index (κ1) is 18.7. The topological polar surface area (TPSA) is 35.9 Å². The first-order valence-corrected chi connectivity index (χ1v) is 9.48. The van der Waals surface area contributed by atoms with E-state index in [0.29, 0.717) is 11.8 Å². The van der Waals surface area contributed by atoms with Crippen LogP contribution in [0.15, 0.2) is 48.5 Å². The quantitative estimate of drug-likeness (QED) is 0.825. The second-order valence-electron chi connectivity index (χ2n) is 7.25. The lowest BCUT2D eigenvalue weighted by atomic mass is 10.0. The molecule has 140 valence electrons. The average Bonchev–Trinajstić information content (AvgIpc) is 2.67. The monoisotopic (exact) mass is 354 g/mol. The standard InChI is InChI=1S/C22H30N2O2/c1-23(14-12-18-7-4-3-5-8-18)20-9-6-13-24(17-20)16-19-10-11-22(26-2)21(25)15-19/h3-5,7-8,10-11,15,20,25H,6,9,12-14,16-17H2,1-2H3/t20-/m1/s1. The van der Waals surface area contributed by atoms with E-state index < -0.39 is 0 Å². The van der Waals surface area contributed by atoms with Crippen molar-refractivity contribution in [2.75, 3.05) is 33.8 Å². The van der Waals surface area contributed by atoms with Crippen molar-refractivity contribution in [3.8, 4) is 11.5 Å². The van der Waals surface area contributed by atoms with E-state index in [1.807, 2.05) is 18.2 Å². The van der Waals surface area contributed by atoms with Gasteiger partial charge in [0.2, 0.25) is 0 Å². The highest BCUT2D eigenvalue weighted by atomic mass is 16.5. The Hall–Kier alpha value is -2.04. The Morgan fingerprint density at radius 3 is 2.69 bits per heavy atom.